The van der Waals surface area contributed by atoms with Crippen molar-refractivity contribution in [1.82, 2.24) is 0 Å². The summed E-state index contributed by atoms with van der Waals surface area (Å²) in [7, 11) is 0. The molecule has 0 aliphatic heterocycles. The summed E-state index contributed by atoms with van der Waals surface area (Å²) in [5.41, 5.74) is 0.588. The zero-order valence-electron chi connectivity index (χ0n) is 8.46. The van der Waals surface area contributed by atoms with Gasteiger partial charge in [0.15, 0.2) is 0 Å². The highest BCUT2D eigenvalue weighted by atomic mass is 79.9. The van der Waals surface area contributed by atoms with Gasteiger partial charge in [0.2, 0.25) is 0 Å². The van der Waals surface area contributed by atoms with Crippen LogP contribution in [0.1, 0.15) is 13.3 Å². The second-order valence-electron chi connectivity index (χ2n) is 6.69. The molecule has 6 bridgehead atoms. The molecule has 6 aliphatic carbocycles. The number of halogens is 3. The van der Waals surface area contributed by atoms with E-state index in [1.807, 2.05) is 0 Å². The first-order valence-corrected chi connectivity index (χ1v) is 8.52. The molecule has 0 heterocycles. The first-order chi connectivity index (χ1) is 7.00. The minimum atomic E-state index is 0.292. The van der Waals surface area contributed by atoms with Crippen molar-refractivity contribution in [3.05, 3.63) is 0 Å². The standard InChI is InChI=1S/C12H13Br3/c1-11-7-4-2-3-5(6(4)10(11)13)9(11)12(14,15)8(3)7/h3-10H,2H2,1H3/t3-,4+,5+,6-,7-,8+,9+,10-,11-/m1/s1. The molecule has 0 N–H and O–H groups in total. The lowest BCUT2D eigenvalue weighted by Gasteiger charge is -2.40. The van der Waals surface area contributed by atoms with Crippen LogP contribution in [0.15, 0.2) is 0 Å². The summed E-state index contributed by atoms with van der Waals surface area (Å²) in [6.07, 6.45) is 1.54. The number of rotatable bonds is 0. The summed E-state index contributed by atoms with van der Waals surface area (Å²) >= 11 is 12.2. The monoisotopic (exact) mass is 394 g/mol. The summed E-state index contributed by atoms with van der Waals surface area (Å²) in [6, 6.07) is 0. The third-order valence-corrected chi connectivity index (χ3v) is 10.5. The van der Waals surface area contributed by atoms with Crippen molar-refractivity contribution in [2.75, 3.05) is 0 Å². The highest BCUT2D eigenvalue weighted by Gasteiger charge is 2.90. The lowest BCUT2D eigenvalue weighted by molar-refractivity contribution is 0.0700. The molecule has 15 heavy (non-hydrogen) atoms. The Balaban J connectivity index is 1.88. The molecule has 0 spiro atoms. The lowest BCUT2D eigenvalue weighted by Crippen LogP contribution is -2.37. The molecule has 6 fully saturated rings. The van der Waals surface area contributed by atoms with Gasteiger partial charge in [-0.1, -0.05) is 54.7 Å². The van der Waals surface area contributed by atoms with Crippen LogP contribution in [0, 0.1) is 46.8 Å². The number of alkyl halides is 3. The quantitative estimate of drug-likeness (QED) is 0.543. The minimum Gasteiger partial charge on any atom is -0.0881 e. The second-order valence-corrected chi connectivity index (χ2v) is 11.4. The summed E-state index contributed by atoms with van der Waals surface area (Å²) in [4.78, 5) is 0.807. The van der Waals surface area contributed by atoms with Crippen LogP contribution in [0.4, 0.5) is 0 Å². The van der Waals surface area contributed by atoms with Crippen molar-refractivity contribution >= 4 is 47.8 Å². The van der Waals surface area contributed by atoms with Crippen LogP contribution in [0.3, 0.4) is 0 Å². The van der Waals surface area contributed by atoms with Crippen LogP contribution in [0.25, 0.3) is 0 Å². The summed E-state index contributed by atoms with van der Waals surface area (Å²) in [6.45, 7) is 2.56. The van der Waals surface area contributed by atoms with Gasteiger partial charge in [0, 0.05) is 4.83 Å². The molecule has 9 atom stereocenters. The van der Waals surface area contributed by atoms with E-state index in [4.69, 9.17) is 0 Å². The van der Waals surface area contributed by atoms with E-state index >= 15 is 0 Å². The SMILES string of the molecule is C[C@]12[C@@H]3[C@H]4C[C@@H]5[C@@H]([C@@H]4[C@H]1Br)[C@@H]2C(Br)(Br)[C@@H]53. The number of hydrogen-bond acceptors (Lipinski definition) is 0. The van der Waals surface area contributed by atoms with Crippen LogP contribution in [-0.4, -0.2) is 8.06 Å². The normalized spacial score (nSPS) is 79.2. The van der Waals surface area contributed by atoms with Gasteiger partial charge < -0.3 is 0 Å². The van der Waals surface area contributed by atoms with E-state index in [2.05, 4.69) is 54.7 Å². The number of hydrogen-bond donors (Lipinski definition) is 0. The predicted molar refractivity (Wildman–Crippen MR) is 70.5 cm³/mol. The molecule has 0 nitrogen and oxygen atoms in total. The molecule has 82 valence electrons. The minimum absolute atomic E-state index is 0.292. The second kappa shape index (κ2) is 2.18. The first kappa shape index (κ1) is 9.38. The Kier molecular flexibility index (Phi) is 1.36. The Bertz CT molecular complexity index is 390. The third-order valence-electron chi connectivity index (χ3n) is 6.85. The highest BCUT2D eigenvalue weighted by Crippen LogP contribution is 2.92. The van der Waals surface area contributed by atoms with Gasteiger partial charge in [-0.3, -0.25) is 0 Å². The van der Waals surface area contributed by atoms with E-state index in [-0.39, 0.29) is 0 Å². The molecule has 3 heteroatoms. The smallest absolute Gasteiger partial charge is 0.0875 e. The molecule has 0 amide bonds. The third kappa shape index (κ3) is 0.613. The zero-order chi connectivity index (χ0) is 10.3. The molecule has 6 saturated carbocycles. The maximum Gasteiger partial charge on any atom is 0.0875 e. The molecule has 0 radical (unpaired) electrons. The van der Waals surface area contributed by atoms with Gasteiger partial charge in [0.25, 0.3) is 0 Å². The van der Waals surface area contributed by atoms with Crippen molar-refractivity contribution in [3.63, 3.8) is 0 Å². The van der Waals surface area contributed by atoms with Crippen LogP contribution in [0.2, 0.25) is 0 Å². The van der Waals surface area contributed by atoms with Gasteiger partial charge in [0.1, 0.15) is 0 Å². The van der Waals surface area contributed by atoms with Crippen LogP contribution in [0.5, 0.6) is 0 Å². The van der Waals surface area contributed by atoms with Gasteiger partial charge in [-0.2, -0.15) is 0 Å². The predicted octanol–water partition coefficient (Wildman–Crippen LogP) is 4.01. The Morgan fingerprint density at radius 1 is 1.07 bits per heavy atom. The van der Waals surface area contributed by atoms with Crippen LogP contribution in [-0.2, 0) is 0 Å². The van der Waals surface area contributed by atoms with Crippen molar-refractivity contribution in [1.29, 1.82) is 0 Å². The maximum absolute atomic E-state index is 4.05. The Labute approximate surface area is 115 Å². The molecule has 6 rings (SSSR count). The average molecular weight is 397 g/mol. The summed E-state index contributed by atoms with van der Waals surface area (Å²) in [5, 5.41) is 0. The molecule has 6 aliphatic rings. The Morgan fingerprint density at radius 3 is 2.40 bits per heavy atom. The van der Waals surface area contributed by atoms with Crippen molar-refractivity contribution in [3.8, 4) is 0 Å². The van der Waals surface area contributed by atoms with Gasteiger partial charge in [-0.15, -0.1) is 0 Å². The molecule has 0 aromatic carbocycles. The fraction of sp³-hybridized carbons (Fsp3) is 1.00. The summed E-state index contributed by atoms with van der Waals surface area (Å²) in [5.74, 6) is 6.98. The first-order valence-electron chi connectivity index (χ1n) is 6.02. The van der Waals surface area contributed by atoms with E-state index in [9.17, 15) is 0 Å². The largest absolute Gasteiger partial charge is 0.0881 e. The van der Waals surface area contributed by atoms with Crippen LogP contribution >= 0.6 is 47.8 Å². The lowest BCUT2D eigenvalue weighted by atomic mass is 9.64. The van der Waals surface area contributed by atoms with Gasteiger partial charge in [0.05, 0.1) is 3.23 Å². The molecule has 0 saturated heterocycles. The van der Waals surface area contributed by atoms with Gasteiger partial charge in [-0.05, 0) is 53.3 Å². The fourth-order valence-corrected chi connectivity index (χ4v) is 11.2. The highest BCUT2D eigenvalue weighted by molar-refractivity contribution is 9.25. The fourth-order valence-electron chi connectivity index (χ4n) is 7.03. The molecule has 0 aromatic heterocycles. The molecular weight excluding hydrogens is 384 g/mol. The van der Waals surface area contributed by atoms with Crippen molar-refractivity contribution < 1.29 is 0 Å². The summed E-state index contributed by atoms with van der Waals surface area (Å²) < 4.78 is 0.292. The van der Waals surface area contributed by atoms with Crippen molar-refractivity contribution in [2.45, 2.75) is 21.4 Å². The Hall–Kier alpha value is 1.44. The topological polar surface area (TPSA) is 0 Å². The molecular formula is C12H13Br3. The van der Waals surface area contributed by atoms with E-state index in [1.54, 1.807) is 0 Å². The maximum atomic E-state index is 4.05. The van der Waals surface area contributed by atoms with E-state index in [1.165, 1.54) is 6.42 Å². The van der Waals surface area contributed by atoms with Gasteiger partial charge >= 0.3 is 0 Å². The zero-order valence-corrected chi connectivity index (χ0v) is 13.2. The Morgan fingerprint density at radius 2 is 1.73 bits per heavy atom. The van der Waals surface area contributed by atoms with E-state index < -0.39 is 0 Å². The van der Waals surface area contributed by atoms with Crippen LogP contribution < -0.4 is 0 Å². The van der Waals surface area contributed by atoms with E-state index in [0.717, 1.165) is 46.3 Å². The van der Waals surface area contributed by atoms with Gasteiger partial charge in [-0.25, -0.2) is 0 Å². The molecule has 0 unspecified atom stereocenters. The van der Waals surface area contributed by atoms with Crippen molar-refractivity contribution in [2.24, 2.45) is 46.8 Å². The average Bonchev–Trinajstić information content (AvgIpc) is 2.81. The van der Waals surface area contributed by atoms with E-state index in [0.29, 0.717) is 8.65 Å². The molecule has 0 aromatic rings.